The van der Waals surface area contributed by atoms with E-state index in [9.17, 15) is 22.8 Å². The molecule has 0 atom stereocenters. The molecule has 5 rings (SSSR count). The SMILES string of the molecule is O=C(NC1CCCCC1)N1CCN(c2nc(-c3ccc4ccccc4[n+]3OC(=O)C(F)(F)F)no2)CC1. The number of halogens is 3. The van der Waals surface area contributed by atoms with Crippen molar-refractivity contribution < 1.29 is 36.9 Å². The third-order valence-corrected chi connectivity index (χ3v) is 6.62. The van der Waals surface area contributed by atoms with Gasteiger partial charge in [0.25, 0.3) is 11.3 Å². The van der Waals surface area contributed by atoms with Crippen molar-refractivity contribution in [3.63, 3.8) is 0 Å². The second-order valence-electron chi connectivity index (χ2n) is 9.11. The number of benzene rings is 1. The van der Waals surface area contributed by atoms with E-state index in [1.165, 1.54) is 18.6 Å². The Balaban J connectivity index is 1.31. The lowest BCUT2D eigenvalue weighted by Crippen LogP contribution is -2.53. The molecule has 0 radical (unpaired) electrons. The molecule has 1 N–H and O–H groups in total. The second-order valence-corrected chi connectivity index (χ2v) is 9.11. The zero-order chi connectivity index (χ0) is 26.0. The number of piperazine rings is 1. The second kappa shape index (κ2) is 10.2. The van der Waals surface area contributed by atoms with Crippen LogP contribution < -0.4 is 19.8 Å². The van der Waals surface area contributed by atoms with Crippen molar-refractivity contribution in [2.24, 2.45) is 0 Å². The van der Waals surface area contributed by atoms with Gasteiger partial charge < -0.3 is 19.6 Å². The summed E-state index contributed by atoms with van der Waals surface area (Å²) < 4.78 is 45.0. The van der Waals surface area contributed by atoms with Crippen LogP contribution >= 0.6 is 0 Å². The summed E-state index contributed by atoms with van der Waals surface area (Å²) in [7, 11) is 0. The molecule has 2 aromatic heterocycles. The smallest absolute Gasteiger partial charge is 0.335 e. The number of pyridine rings is 1. The van der Waals surface area contributed by atoms with Crippen molar-refractivity contribution in [2.45, 2.75) is 44.3 Å². The number of amides is 2. The largest absolute Gasteiger partial charge is 0.498 e. The highest BCUT2D eigenvalue weighted by molar-refractivity contribution is 5.78. The Morgan fingerprint density at radius 1 is 1.03 bits per heavy atom. The average Bonchev–Trinajstić information content (AvgIpc) is 3.39. The number of para-hydroxylation sites is 1. The number of aromatic nitrogens is 3. The standard InChI is InChI=1S/C24H25F3N6O4/c25-24(26,27)21(34)37-33-18-9-5-4-6-16(18)10-11-19(33)20-29-23(36-30-20)32-14-12-31(13-15-32)22(35)28-17-7-2-1-3-8-17/h4-6,9-11,17H,1-3,7-8,12-15H2/p+1. The number of anilines is 1. The minimum atomic E-state index is -5.19. The minimum Gasteiger partial charge on any atom is -0.335 e. The molecule has 13 heteroatoms. The average molecular weight is 520 g/mol. The molecule has 1 aliphatic carbocycles. The molecule has 1 saturated carbocycles. The van der Waals surface area contributed by atoms with Crippen molar-refractivity contribution in [1.29, 1.82) is 0 Å². The van der Waals surface area contributed by atoms with Crippen molar-refractivity contribution in [3.05, 3.63) is 36.4 Å². The van der Waals surface area contributed by atoms with Gasteiger partial charge in [0.1, 0.15) is 0 Å². The van der Waals surface area contributed by atoms with E-state index in [0.29, 0.717) is 31.6 Å². The van der Waals surface area contributed by atoms with Crippen LogP contribution in [0, 0.1) is 0 Å². The minimum absolute atomic E-state index is 0.0109. The highest BCUT2D eigenvalue weighted by Gasteiger charge is 2.46. The van der Waals surface area contributed by atoms with E-state index >= 15 is 0 Å². The number of hydrogen-bond acceptors (Lipinski definition) is 7. The fourth-order valence-corrected chi connectivity index (χ4v) is 4.64. The van der Waals surface area contributed by atoms with E-state index in [4.69, 9.17) is 9.36 Å². The number of nitrogens with one attached hydrogen (secondary N) is 1. The third kappa shape index (κ3) is 5.44. The summed E-state index contributed by atoms with van der Waals surface area (Å²) in [4.78, 5) is 36.9. The van der Waals surface area contributed by atoms with Crippen LogP contribution in [-0.2, 0) is 4.79 Å². The Bertz CT molecular complexity index is 1280. The fourth-order valence-electron chi connectivity index (χ4n) is 4.64. The summed E-state index contributed by atoms with van der Waals surface area (Å²) in [6.45, 7) is 1.80. The molecule has 0 spiro atoms. The number of nitrogens with zero attached hydrogens (tertiary/aromatic N) is 5. The molecule has 3 heterocycles. The molecular weight excluding hydrogens is 493 g/mol. The van der Waals surface area contributed by atoms with Crippen molar-refractivity contribution in [3.8, 4) is 11.5 Å². The highest BCUT2D eigenvalue weighted by Crippen LogP contribution is 2.23. The molecule has 37 heavy (non-hydrogen) atoms. The van der Waals surface area contributed by atoms with Crippen LogP contribution in [0.25, 0.3) is 22.4 Å². The molecule has 10 nitrogen and oxygen atoms in total. The van der Waals surface area contributed by atoms with Gasteiger partial charge in [0, 0.05) is 49.1 Å². The van der Waals surface area contributed by atoms with Crippen LogP contribution in [0.1, 0.15) is 32.1 Å². The molecule has 2 fully saturated rings. The van der Waals surface area contributed by atoms with Crippen molar-refractivity contribution in [2.75, 3.05) is 31.1 Å². The van der Waals surface area contributed by atoms with Gasteiger partial charge in [-0.1, -0.05) is 31.4 Å². The first-order valence-electron chi connectivity index (χ1n) is 12.2. The van der Waals surface area contributed by atoms with E-state index in [2.05, 4.69) is 15.5 Å². The number of fused-ring (bicyclic) bond motifs is 1. The summed E-state index contributed by atoms with van der Waals surface area (Å²) in [5, 5.41) is 7.57. The quantitative estimate of drug-likeness (QED) is 0.529. The lowest BCUT2D eigenvalue weighted by Gasteiger charge is -2.35. The molecule has 3 aromatic rings. The van der Waals surface area contributed by atoms with Gasteiger partial charge in [0.05, 0.1) is 5.39 Å². The molecular formula is C24H26F3N6O4+. The van der Waals surface area contributed by atoms with E-state index in [-0.39, 0.29) is 35.1 Å². The van der Waals surface area contributed by atoms with Crippen molar-refractivity contribution >= 4 is 28.9 Å². The number of carbonyl (C=O) groups excluding carboxylic acids is 2. The van der Waals surface area contributed by atoms with E-state index in [0.717, 1.165) is 30.4 Å². The van der Waals surface area contributed by atoms with Crippen LogP contribution in [0.15, 0.2) is 40.9 Å². The maximum absolute atomic E-state index is 13.0. The molecule has 1 aromatic carbocycles. The number of rotatable bonds is 4. The fraction of sp³-hybridized carbons (Fsp3) is 0.458. The Morgan fingerprint density at radius 2 is 1.76 bits per heavy atom. The topological polar surface area (TPSA) is 105 Å². The Labute approximate surface area is 209 Å². The van der Waals surface area contributed by atoms with Crippen LogP contribution in [0.2, 0.25) is 0 Å². The van der Waals surface area contributed by atoms with Gasteiger partial charge in [-0.25, -0.2) is 9.59 Å². The van der Waals surface area contributed by atoms with Crippen LogP contribution in [-0.4, -0.2) is 65.4 Å². The van der Waals surface area contributed by atoms with E-state index < -0.39 is 12.1 Å². The maximum atomic E-state index is 13.0. The summed E-state index contributed by atoms with van der Waals surface area (Å²) in [5.74, 6) is -2.42. The Kier molecular flexibility index (Phi) is 6.85. The summed E-state index contributed by atoms with van der Waals surface area (Å²) in [6.07, 6.45) is 0.288. The third-order valence-electron chi connectivity index (χ3n) is 6.62. The summed E-state index contributed by atoms with van der Waals surface area (Å²) in [5.41, 5.74) is 0.235. The van der Waals surface area contributed by atoms with Gasteiger partial charge >= 0.3 is 29.9 Å². The maximum Gasteiger partial charge on any atom is 0.498 e. The lowest BCUT2D eigenvalue weighted by molar-refractivity contribution is -0.841. The lowest BCUT2D eigenvalue weighted by atomic mass is 9.96. The zero-order valence-electron chi connectivity index (χ0n) is 19.9. The van der Waals surface area contributed by atoms with Crippen LogP contribution in [0.3, 0.4) is 0 Å². The van der Waals surface area contributed by atoms with Gasteiger partial charge in [-0.05, 0) is 30.1 Å². The zero-order valence-corrected chi connectivity index (χ0v) is 19.9. The highest BCUT2D eigenvalue weighted by atomic mass is 19.4. The molecule has 1 aliphatic heterocycles. The van der Waals surface area contributed by atoms with E-state index in [1.54, 1.807) is 34.1 Å². The molecule has 1 saturated heterocycles. The number of hydrogen-bond donors (Lipinski definition) is 1. The van der Waals surface area contributed by atoms with Gasteiger partial charge in [-0.3, -0.25) is 0 Å². The molecule has 0 bridgehead atoms. The van der Waals surface area contributed by atoms with Gasteiger partial charge in [-0.15, -0.1) is 0 Å². The molecule has 196 valence electrons. The van der Waals surface area contributed by atoms with Gasteiger partial charge in [0.2, 0.25) is 0 Å². The summed E-state index contributed by atoms with van der Waals surface area (Å²) in [6, 6.07) is 9.90. The normalized spacial score (nSPS) is 17.2. The van der Waals surface area contributed by atoms with Crippen molar-refractivity contribution in [1.82, 2.24) is 20.4 Å². The first kappa shape index (κ1) is 24.8. The van der Waals surface area contributed by atoms with Gasteiger partial charge in [-0.2, -0.15) is 23.0 Å². The molecule has 2 amide bonds. The van der Waals surface area contributed by atoms with E-state index in [1.807, 2.05) is 0 Å². The first-order valence-corrected chi connectivity index (χ1v) is 12.2. The first-order chi connectivity index (χ1) is 17.8. The Morgan fingerprint density at radius 3 is 2.49 bits per heavy atom. The Hall–Kier alpha value is -3.90. The van der Waals surface area contributed by atoms with Crippen LogP contribution in [0.4, 0.5) is 24.0 Å². The van der Waals surface area contributed by atoms with Crippen LogP contribution in [0.5, 0.6) is 0 Å². The van der Waals surface area contributed by atoms with Gasteiger partial charge in [0.15, 0.2) is 0 Å². The molecule has 0 unspecified atom stereocenters. The number of urea groups is 1. The number of carbonyl (C=O) groups is 2. The molecule has 2 aliphatic rings. The monoisotopic (exact) mass is 519 g/mol. The number of alkyl halides is 3. The summed E-state index contributed by atoms with van der Waals surface area (Å²) >= 11 is 0. The predicted molar refractivity (Wildman–Crippen MR) is 124 cm³/mol. The predicted octanol–water partition coefficient (Wildman–Crippen LogP) is 2.86.